The zero-order valence-corrected chi connectivity index (χ0v) is 11.8. The van der Waals surface area contributed by atoms with E-state index >= 15 is 0 Å². The molecule has 0 saturated carbocycles. The summed E-state index contributed by atoms with van der Waals surface area (Å²) in [6.45, 7) is 1.85. The molecule has 1 aromatic rings. The smallest absolute Gasteiger partial charge is 0.233 e. The van der Waals surface area contributed by atoms with E-state index in [0.717, 1.165) is 13.0 Å². The quantitative estimate of drug-likeness (QED) is 0.848. The van der Waals surface area contributed by atoms with Gasteiger partial charge in [-0.3, -0.25) is 0 Å². The van der Waals surface area contributed by atoms with E-state index in [4.69, 9.17) is 16.3 Å². The summed E-state index contributed by atoms with van der Waals surface area (Å²) in [6.07, 6.45) is 6.16. The van der Waals surface area contributed by atoms with Crippen LogP contribution in [0.5, 0.6) is 5.88 Å². The van der Waals surface area contributed by atoms with E-state index in [2.05, 4.69) is 15.5 Å². The first-order chi connectivity index (χ1) is 8.34. The maximum Gasteiger partial charge on any atom is 0.233 e. The van der Waals surface area contributed by atoms with Gasteiger partial charge in [0.05, 0.1) is 6.61 Å². The Hall–Kier alpha value is -0.580. The summed E-state index contributed by atoms with van der Waals surface area (Å²) in [5, 5.41) is 11.5. The summed E-state index contributed by atoms with van der Waals surface area (Å²) in [4.78, 5) is 0. The Labute approximate surface area is 119 Å². The maximum absolute atomic E-state index is 5.64. The van der Waals surface area contributed by atoms with E-state index in [9.17, 15) is 0 Å². The minimum atomic E-state index is 0. The third-order valence-electron chi connectivity index (χ3n) is 2.97. The molecule has 0 radical (unpaired) electrons. The topological polar surface area (TPSA) is 47.0 Å². The number of ether oxygens (including phenoxy) is 1. The van der Waals surface area contributed by atoms with Gasteiger partial charge in [0.15, 0.2) is 5.15 Å². The van der Waals surface area contributed by atoms with Gasteiger partial charge in [-0.2, -0.15) is 0 Å². The molecule has 1 aliphatic rings. The third-order valence-corrected chi connectivity index (χ3v) is 3.17. The van der Waals surface area contributed by atoms with Crippen molar-refractivity contribution in [3.8, 4) is 5.88 Å². The Morgan fingerprint density at radius 1 is 1.33 bits per heavy atom. The van der Waals surface area contributed by atoms with Crippen LogP contribution in [-0.2, 0) is 0 Å². The molecule has 4 nitrogen and oxygen atoms in total. The number of nitrogens with one attached hydrogen (secondary N) is 1. The van der Waals surface area contributed by atoms with Crippen LogP contribution in [0.4, 0.5) is 0 Å². The number of rotatable bonds is 5. The van der Waals surface area contributed by atoms with Crippen LogP contribution in [0, 0.1) is 0 Å². The second kappa shape index (κ2) is 8.51. The lowest BCUT2D eigenvalue weighted by Gasteiger charge is -2.23. The number of hydrogen-bond acceptors (Lipinski definition) is 4. The Morgan fingerprint density at radius 3 is 2.89 bits per heavy atom. The zero-order valence-electron chi connectivity index (χ0n) is 10.3. The highest BCUT2D eigenvalue weighted by Gasteiger charge is 2.11. The monoisotopic (exact) mass is 291 g/mol. The van der Waals surface area contributed by atoms with Gasteiger partial charge in [0, 0.05) is 12.1 Å². The minimum absolute atomic E-state index is 0. The lowest BCUT2D eigenvalue weighted by Crippen LogP contribution is -2.34. The number of nitrogens with zero attached hydrogens (tertiary/aromatic N) is 2. The van der Waals surface area contributed by atoms with E-state index in [-0.39, 0.29) is 12.4 Å². The number of halogens is 2. The van der Waals surface area contributed by atoms with Crippen molar-refractivity contribution in [3.05, 3.63) is 17.3 Å². The van der Waals surface area contributed by atoms with Gasteiger partial charge in [0.2, 0.25) is 5.88 Å². The molecule has 2 rings (SSSR count). The van der Waals surface area contributed by atoms with E-state index in [1.807, 2.05) is 0 Å². The summed E-state index contributed by atoms with van der Waals surface area (Å²) < 4.78 is 5.49. The maximum atomic E-state index is 5.64. The van der Waals surface area contributed by atoms with Crippen molar-refractivity contribution in [2.24, 2.45) is 0 Å². The molecule has 0 amide bonds. The fourth-order valence-corrected chi connectivity index (χ4v) is 2.16. The van der Waals surface area contributed by atoms with Crippen LogP contribution in [-0.4, -0.2) is 29.4 Å². The van der Waals surface area contributed by atoms with Crippen LogP contribution in [0.3, 0.4) is 0 Å². The van der Waals surface area contributed by atoms with Crippen molar-refractivity contribution in [3.63, 3.8) is 0 Å². The number of piperidine rings is 1. The van der Waals surface area contributed by atoms with Crippen LogP contribution < -0.4 is 10.1 Å². The van der Waals surface area contributed by atoms with Crippen molar-refractivity contribution < 1.29 is 4.74 Å². The predicted molar refractivity (Wildman–Crippen MR) is 74.7 cm³/mol. The largest absolute Gasteiger partial charge is 0.477 e. The molecule has 18 heavy (non-hydrogen) atoms. The SMILES string of the molecule is Cl.Clc1ccc(OCCCC2CCCCN2)nn1. The average Bonchev–Trinajstić information content (AvgIpc) is 2.38. The molecule has 2 heterocycles. The van der Waals surface area contributed by atoms with Gasteiger partial charge >= 0.3 is 0 Å². The summed E-state index contributed by atoms with van der Waals surface area (Å²) in [5.41, 5.74) is 0. The lowest BCUT2D eigenvalue weighted by molar-refractivity contribution is 0.274. The van der Waals surface area contributed by atoms with E-state index in [1.165, 1.54) is 25.7 Å². The first-order valence-corrected chi connectivity index (χ1v) is 6.58. The van der Waals surface area contributed by atoms with Crippen molar-refractivity contribution in [1.82, 2.24) is 15.5 Å². The molecule has 1 N–H and O–H groups in total. The van der Waals surface area contributed by atoms with Gasteiger partial charge in [0.25, 0.3) is 0 Å². The molecule has 102 valence electrons. The number of aromatic nitrogens is 2. The highest BCUT2D eigenvalue weighted by Crippen LogP contribution is 2.13. The highest BCUT2D eigenvalue weighted by atomic mass is 35.5. The highest BCUT2D eigenvalue weighted by molar-refractivity contribution is 6.29. The van der Waals surface area contributed by atoms with Gasteiger partial charge in [-0.15, -0.1) is 22.6 Å². The second-order valence-electron chi connectivity index (χ2n) is 4.33. The molecule has 1 atom stereocenters. The molecule has 1 unspecified atom stereocenters. The molecular weight excluding hydrogens is 273 g/mol. The molecular formula is C12H19Cl2N3O. The van der Waals surface area contributed by atoms with Gasteiger partial charge < -0.3 is 10.1 Å². The average molecular weight is 292 g/mol. The molecule has 0 spiro atoms. The van der Waals surface area contributed by atoms with Crippen molar-refractivity contribution in [2.45, 2.75) is 38.1 Å². The Kier molecular flexibility index (Phi) is 7.32. The van der Waals surface area contributed by atoms with Crippen LogP contribution in [0.1, 0.15) is 32.1 Å². The van der Waals surface area contributed by atoms with E-state index in [1.54, 1.807) is 12.1 Å². The molecule has 0 aromatic carbocycles. The van der Waals surface area contributed by atoms with Crippen LogP contribution >= 0.6 is 24.0 Å². The molecule has 1 aromatic heterocycles. The summed E-state index contributed by atoms with van der Waals surface area (Å²) in [5.74, 6) is 0.547. The summed E-state index contributed by atoms with van der Waals surface area (Å²) >= 11 is 5.64. The van der Waals surface area contributed by atoms with Crippen molar-refractivity contribution in [2.75, 3.05) is 13.2 Å². The first-order valence-electron chi connectivity index (χ1n) is 6.20. The predicted octanol–water partition coefficient (Wildman–Crippen LogP) is 2.85. The van der Waals surface area contributed by atoms with E-state index in [0.29, 0.717) is 23.7 Å². The van der Waals surface area contributed by atoms with Gasteiger partial charge in [-0.05, 0) is 38.3 Å². The molecule has 0 bridgehead atoms. The molecule has 1 aliphatic heterocycles. The molecule has 6 heteroatoms. The first kappa shape index (κ1) is 15.5. The fourth-order valence-electron chi connectivity index (χ4n) is 2.06. The second-order valence-corrected chi connectivity index (χ2v) is 4.72. The van der Waals surface area contributed by atoms with Gasteiger partial charge in [-0.1, -0.05) is 18.0 Å². The minimum Gasteiger partial charge on any atom is -0.477 e. The molecule has 1 saturated heterocycles. The summed E-state index contributed by atoms with van der Waals surface area (Å²) in [6, 6.07) is 4.10. The van der Waals surface area contributed by atoms with Crippen LogP contribution in [0.15, 0.2) is 12.1 Å². The van der Waals surface area contributed by atoms with E-state index < -0.39 is 0 Å². The Balaban J connectivity index is 0.00000162. The van der Waals surface area contributed by atoms with Gasteiger partial charge in [-0.25, -0.2) is 0 Å². The van der Waals surface area contributed by atoms with Crippen LogP contribution in [0.2, 0.25) is 5.15 Å². The fraction of sp³-hybridized carbons (Fsp3) is 0.667. The zero-order chi connectivity index (χ0) is 11.9. The summed E-state index contributed by atoms with van der Waals surface area (Å²) in [7, 11) is 0. The van der Waals surface area contributed by atoms with Crippen molar-refractivity contribution in [1.29, 1.82) is 0 Å². The number of hydrogen-bond donors (Lipinski definition) is 1. The Bertz CT molecular complexity index is 329. The lowest BCUT2D eigenvalue weighted by atomic mass is 10.0. The van der Waals surface area contributed by atoms with Crippen LogP contribution in [0.25, 0.3) is 0 Å². The van der Waals surface area contributed by atoms with Crippen molar-refractivity contribution >= 4 is 24.0 Å². The normalized spacial score (nSPS) is 19.1. The molecule has 1 fully saturated rings. The van der Waals surface area contributed by atoms with Gasteiger partial charge in [0.1, 0.15) is 0 Å². The third kappa shape index (κ3) is 5.38. The molecule has 0 aliphatic carbocycles. The Morgan fingerprint density at radius 2 is 2.22 bits per heavy atom. The standard InChI is InChI=1S/C12H18ClN3O.ClH/c13-11-6-7-12(16-15-11)17-9-3-5-10-4-1-2-8-14-10;/h6-7,10,14H,1-5,8-9H2;1H.